The van der Waals surface area contributed by atoms with E-state index in [0.717, 1.165) is 28.2 Å². The minimum absolute atomic E-state index is 0.660. The number of benzene rings is 1. The van der Waals surface area contributed by atoms with Crippen LogP contribution in [0.25, 0.3) is 11.0 Å². The van der Waals surface area contributed by atoms with Gasteiger partial charge in [0.05, 0.1) is 17.6 Å². The largest absolute Gasteiger partial charge is 0.341 e. The summed E-state index contributed by atoms with van der Waals surface area (Å²) in [6, 6.07) is 5.62. The maximum atomic E-state index is 5.96. The third-order valence-electron chi connectivity index (χ3n) is 3.08. The molecule has 0 spiro atoms. The van der Waals surface area contributed by atoms with Gasteiger partial charge in [-0.3, -0.25) is 4.90 Å². The smallest absolute Gasteiger partial charge is 0.122 e. The number of hydrogen-bond acceptors (Lipinski definition) is 5. The number of hydrogen-bond donors (Lipinski definition) is 1. The summed E-state index contributed by atoms with van der Waals surface area (Å²) in [6.45, 7) is 3.22. The second-order valence-electron chi connectivity index (χ2n) is 4.81. The van der Waals surface area contributed by atoms with Crippen molar-refractivity contribution in [1.29, 1.82) is 0 Å². The van der Waals surface area contributed by atoms with E-state index in [4.69, 9.17) is 16.2 Å². The molecule has 0 unspecified atom stereocenters. The van der Waals surface area contributed by atoms with Gasteiger partial charge >= 0.3 is 0 Å². The number of imidazole rings is 1. The molecule has 0 bridgehead atoms. The van der Waals surface area contributed by atoms with E-state index in [1.165, 1.54) is 0 Å². The molecule has 1 N–H and O–H groups in total. The molecular weight excluding hydrogens is 278 g/mol. The fourth-order valence-electron chi connectivity index (χ4n) is 2.07. The van der Waals surface area contributed by atoms with Crippen LogP contribution in [0.4, 0.5) is 0 Å². The molecule has 0 saturated carbocycles. The molecule has 2 aromatic heterocycles. The molecule has 0 aliphatic carbocycles. The number of H-pyrrole nitrogens is 1. The first-order valence-corrected chi connectivity index (χ1v) is 6.60. The van der Waals surface area contributed by atoms with Gasteiger partial charge in [-0.1, -0.05) is 21.9 Å². The molecule has 0 aliphatic rings. The highest BCUT2D eigenvalue weighted by atomic mass is 35.5. The van der Waals surface area contributed by atoms with Gasteiger partial charge < -0.3 is 4.98 Å². The molecule has 20 heavy (non-hydrogen) atoms. The Kier molecular flexibility index (Phi) is 3.42. The lowest BCUT2D eigenvalue weighted by Gasteiger charge is -2.12. The highest BCUT2D eigenvalue weighted by Crippen LogP contribution is 2.18. The molecule has 0 aliphatic heterocycles. The van der Waals surface area contributed by atoms with Crippen LogP contribution in [0.5, 0.6) is 0 Å². The molecule has 1 aromatic carbocycles. The summed E-state index contributed by atoms with van der Waals surface area (Å²) in [5.41, 5.74) is 3.51. The van der Waals surface area contributed by atoms with Gasteiger partial charge in [0.1, 0.15) is 17.2 Å². The van der Waals surface area contributed by atoms with Gasteiger partial charge in [-0.25, -0.2) is 9.61 Å². The Hall–Kier alpha value is -1.92. The molecule has 3 aromatic rings. The topological polar surface area (TPSA) is 70.8 Å². The van der Waals surface area contributed by atoms with Crippen molar-refractivity contribution in [2.45, 2.75) is 20.0 Å². The summed E-state index contributed by atoms with van der Waals surface area (Å²) < 4.78 is 4.69. The van der Waals surface area contributed by atoms with Crippen LogP contribution in [0, 0.1) is 6.92 Å². The van der Waals surface area contributed by atoms with Crippen molar-refractivity contribution in [3.05, 3.63) is 40.4 Å². The zero-order chi connectivity index (χ0) is 14.1. The summed E-state index contributed by atoms with van der Waals surface area (Å²) in [5.74, 6) is 0.888. The van der Waals surface area contributed by atoms with E-state index in [9.17, 15) is 0 Å². The normalized spacial score (nSPS) is 11.6. The molecule has 0 radical (unpaired) electrons. The molecule has 2 heterocycles. The number of nitrogens with zero attached hydrogens (tertiary/aromatic N) is 4. The summed E-state index contributed by atoms with van der Waals surface area (Å²) in [7, 11) is 1.99. The standard InChI is InChI=1S/C13H14ClN5O/c1-8-12(18-20-17-8)6-19(2)7-13-15-10-4-3-9(14)5-11(10)16-13/h3-5H,6-7H2,1-2H3,(H,15,16). The number of halogens is 1. The van der Waals surface area contributed by atoms with E-state index in [2.05, 4.69) is 25.2 Å². The molecule has 0 saturated heterocycles. The highest BCUT2D eigenvalue weighted by Gasteiger charge is 2.11. The van der Waals surface area contributed by atoms with E-state index in [1.54, 1.807) is 0 Å². The summed E-state index contributed by atoms with van der Waals surface area (Å²) in [5, 5.41) is 8.35. The van der Waals surface area contributed by atoms with Crippen LogP contribution in [0.15, 0.2) is 22.8 Å². The molecule has 6 nitrogen and oxygen atoms in total. The Balaban J connectivity index is 1.74. The lowest BCUT2D eigenvalue weighted by Crippen LogP contribution is -2.18. The molecule has 7 heteroatoms. The Morgan fingerprint density at radius 1 is 1.30 bits per heavy atom. The monoisotopic (exact) mass is 291 g/mol. The lowest BCUT2D eigenvalue weighted by molar-refractivity contribution is 0.277. The van der Waals surface area contributed by atoms with E-state index in [0.29, 0.717) is 18.1 Å². The third kappa shape index (κ3) is 2.66. The van der Waals surface area contributed by atoms with Crippen molar-refractivity contribution in [3.8, 4) is 0 Å². The first-order chi connectivity index (χ1) is 9.61. The van der Waals surface area contributed by atoms with Crippen LogP contribution < -0.4 is 0 Å². The molecular formula is C13H14ClN5O. The number of aromatic nitrogens is 4. The van der Waals surface area contributed by atoms with Crippen molar-refractivity contribution >= 4 is 22.6 Å². The van der Waals surface area contributed by atoms with E-state index < -0.39 is 0 Å². The third-order valence-corrected chi connectivity index (χ3v) is 3.31. The number of fused-ring (bicyclic) bond motifs is 1. The minimum atomic E-state index is 0.660. The number of rotatable bonds is 4. The minimum Gasteiger partial charge on any atom is -0.341 e. The molecule has 0 atom stereocenters. The SMILES string of the molecule is Cc1nonc1CN(C)Cc1nc2ccc(Cl)cc2[nH]1. The summed E-state index contributed by atoms with van der Waals surface area (Å²) in [4.78, 5) is 9.88. The van der Waals surface area contributed by atoms with Crippen molar-refractivity contribution < 1.29 is 4.63 Å². The van der Waals surface area contributed by atoms with Crippen molar-refractivity contribution in [2.75, 3.05) is 7.05 Å². The van der Waals surface area contributed by atoms with E-state index in [-0.39, 0.29) is 0 Å². The average molecular weight is 292 g/mol. The number of nitrogens with one attached hydrogen (secondary N) is 1. The zero-order valence-electron chi connectivity index (χ0n) is 11.2. The number of aromatic amines is 1. The molecule has 104 valence electrons. The number of aryl methyl sites for hydroxylation is 1. The zero-order valence-corrected chi connectivity index (χ0v) is 12.0. The van der Waals surface area contributed by atoms with Crippen LogP contribution in [0.3, 0.4) is 0 Å². The van der Waals surface area contributed by atoms with E-state index in [1.807, 2.05) is 32.2 Å². The van der Waals surface area contributed by atoms with Gasteiger partial charge in [-0.15, -0.1) is 0 Å². The fourth-order valence-corrected chi connectivity index (χ4v) is 2.24. The second-order valence-corrected chi connectivity index (χ2v) is 5.25. The predicted octanol–water partition coefficient (Wildman–Crippen LogP) is 2.54. The average Bonchev–Trinajstić information content (AvgIpc) is 2.95. The molecule has 0 fully saturated rings. The first-order valence-electron chi connectivity index (χ1n) is 6.22. The van der Waals surface area contributed by atoms with Crippen LogP contribution in [0.1, 0.15) is 17.2 Å². The Morgan fingerprint density at radius 3 is 2.90 bits per heavy atom. The van der Waals surface area contributed by atoms with Gasteiger partial charge in [0, 0.05) is 11.6 Å². The molecule has 3 rings (SSSR count). The van der Waals surface area contributed by atoms with Gasteiger partial charge in [0.15, 0.2) is 0 Å². The quantitative estimate of drug-likeness (QED) is 0.800. The van der Waals surface area contributed by atoms with Gasteiger partial charge in [-0.2, -0.15) is 0 Å². The van der Waals surface area contributed by atoms with Gasteiger partial charge in [-0.05, 0) is 32.2 Å². The first kappa shape index (κ1) is 13.1. The van der Waals surface area contributed by atoms with Crippen LogP contribution in [-0.2, 0) is 13.1 Å². The van der Waals surface area contributed by atoms with Crippen molar-refractivity contribution in [2.24, 2.45) is 0 Å². The van der Waals surface area contributed by atoms with Crippen LogP contribution in [0.2, 0.25) is 5.02 Å². The fraction of sp³-hybridized carbons (Fsp3) is 0.308. The van der Waals surface area contributed by atoms with Crippen molar-refractivity contribution in [3.63, 3.8) is 0 Å². The van der Waals surface area contributed by atoms with Crippen molar-refractivity contribution in [1.82, 2.24) is 25.2 Å². The Morgan fingerprint density at radius 2 is 2.15 bits per heavy atom. The maximum absolute atomic E-state index is 5.96. The highest BCUT2D eigenvalue weighted by molar-refractivity contribution is 6.31. The Bertz CT molecular complexity index is 735. The lowest BCUT2D eigenvalue weighted by atomic mass is 10.3. The van der Waals surface area contributed by atoms with Crippen LogP contribution >= 0.6 is 11.6 Å². The van der Waals surface area contributed by atoms with E-state index >= 15 is 0 Å². The second kappa shape index (κ2) is 5.22. The summed E-state index contributed by atoms with van der Waals surface area (Å²) >= 11 is 5.96. The van der Waals surface area contributed by atoms with Gasteiger partial charge in [0.2, 0.25) is 0 Å². The maximum Gasteiger partial charge on any atom is 0.122 e. The molecule has 0 amide bonds. The Labute approximate surface area is 120 Å². The summed E-state index contributed by atoms with van der Waals surface area (Å²) in [6.07, 6.45) is 0. The van der Waals surface area contributed by atoms with Gasteiger partial charge in [0.25, 0.3) is 0 Å². The van der Waals surface area contributed by atoms with Crippen LogP contribution in [-0.4, -0.2) is 32.2 Å². The predicted molar refractivity (Wildman–Crippen MR) is 75.3 cm³/mol.